The summed E-state index contributed by atoms with van der Waals surface area (Å²) in [5, 5.41) is 0.769. The first kappa shape index (κ1) is 14.5. The highest BCUT2D eigenvalue weighted by Gasteiger charge is 2.19. The molecular formula is C14H19FN2OS. The van der Waals surface area contributed by atoms with Crippen LogP contribution in [0.1, 0.15) is 29.8 Å². The van der Waals surface area contributed by atoms with Crippen LogP contribution < -0.4 is 0 Å². The second-order valence-corrected chi connectivity index (χ2v) is 5.95. The predicted molar refractivity (Wildman–Crippen MR) is 76.1 cm³/mol. The summed E-state index contributed by atoms with van der Waals surface area (Å²) >= 11 is 1.93. The van der Waals surface area contributed by atoms with E-state index < -0.39 is 5.82 Å². The lowest BCUT2D eigenvalue weighted by atomic mass is 10.1. The van der Waals surface area contributed by atoms with Gasteiger partial charge >= 0.3 is 0 Å². The fraction of sp³-hybridized carbons (Fsp3) is 0.571. The van der Waals surface area contributed by atoms with E-state index in [2.05, 4.69) is 16.1 Å². The largest absolute Gasteiger partial charge is 0.303 e. The van der Waals surface area contributed by atoms with E-state index in [1.165, 1.54) is 25.0 Å². The standard InChI is InChI=1S/C14H19FN2OS/c1-19-12-4-7-17(8-5-12)9-6-14(18)13-3-2-11(15)10-16-13/h2-3,10,12H,4-9H2,1H3. The highest BCUT2D eigenvalue weighted by molar-refractivity contribution is 7.99. The van der Waals surface area contributed by atoms with E-state index in [1.807, 2.05) is 11.8 Å². The number of hydrogen-bond donors (Lipinski definition) is 0. The van der Waals surface area contributed by atoms with Crippen LogP contribution in [0.5, 0.6) is 0 Å². The van der Waals surface area contributed by atoms with Gasteiger partial charge < -0.3 is 4.90 Å². The number of carbonyl (C=O) groups is 1. The predicted octanol–water partition coefficient (Wildman–Crippen LogP) is 2.62. The van der Waals surface area contributed by atoms with Gasteiger partial charge in [-0.3, -0.25) is 9.78 Å². The number of nitrogens with zero attached hydrogens (tertiary/aromatic N) is 2. The second kappa shape index (κ2) is 7.01. The van der Waals surface area contributed by atoms with Crippen molar-refractivity contribution < 1.29 is 9.18 Å². The molecule has 3 nitrogen and oxygen atoms in total. The number of pyridine rings is 1. The maximum atomic E-state index is 12.7. The highest BCUT2D eigenvalue weighted by Crippen LogP contribution is 2.21. The summed E-state index contributed by atoms with van der Waals surface area (Å²) in [5.41, 5.74) is 0.361. The maximum absolute atomic E-state index is 12.7. The molecule has 1 aliphatic rings. The molecule has 0 radical (unpaired) electrons. The van der Waals surface area contributed by atoms with Gasteiger partial charge in [-0.1, -0.05) is 0 Å². The Labute approximate surface area is 117 Å². The third-order valence-corrected chi connectivity index (χ3v) is 4.67. The molecule has 0 aromatic carbocycles. The quantitative estimate of drug-likeness (QED) is 0.777. The Balaban J connectivity index is 1.76. The zero-order chi connectivity index (χ0) is 13.7. The highest BCUT2D eigenvalue weighted by atomic mass is 32.2. The van der Waals surface area contributed by atoms with Gasteiger partial charge in [-0.05, 0) is 44.3 Å². The van der Waals surface area contributed by atoms with E-state index in [-0.39, 0.29) is 5.78 Å². The molecule has 0 N–H and O–H groups in total. The Kier molecular flexibility index (Phi) is 5.34. The third kappa shape index (κ3) is 4.28. The van der Waals surface area contributed by atoms with Crippen LogP contribution in [-0.4, -0.2) is 46.8 Å². The minimum atomic E-state index is -0.407. The van der Waals surface area contributed by atoms with E-state index in [4.69, 9.17) is 0 Å². The number of likely N-dealkylation sites (tertiary alicyclic amines) is 1. The molecule has 0 amide bonds. The topological polar surface area (TPSA) is 33.2 Å². The van der Waals surface area contributed by atoms with Gasteiger partial charge in [0.1, 0.15) is 11.5 Å². The summed E-state index contributed by atoms with van der Waals surface area (Å²) < 4.78 is 12.7. The van der Waals surface area contributed by atoms with E-state index in [9.17, 15) is 9.18 Å². The van der Waals surface area contributed by atoms with Crippen molar-refractivity contribution in [1.29, 1.82) is 0 Å². The molecule has 0 atom stereocenters. The number of Topliss-reactive ketones (excluding diaryl/α,β-unsaturated/α-hetero) is 1. The zero-order valence-electron chi connectivity index (χ0n) is 11.1. The minimum Gasteiger partial charge on any atom is -0.303 e. The van der Waals surface area contributed by atoms with Crippen molar-refractivity contribution in [1.82, 2.24) is 9.88 Å². The molecular weight excluding hydrogens is 263 g/mol. The summed E-state index contributed by atoms with van der Waals surface area (Å²) in [6, 6.07) is 2.74. The lowest BCUT2D eigenvalue weighted by Gasteiger charge is -2.30. The van der Waals surface area contributed by atoms with E-state index in [1.54, 1.807) is 0 Å². The average Bonchev–Trinajstić information content (AvgIpc) is 2.46. The number of aromatic nitrogens is 1. The molecule has 1 aliphatic heterocycles. The Morgan fingerprint density at radius 3 is 2.79 bits per heavy atom. The molecule has 1 aromatic rings. The van der Waals surface area contributed by atoms with Gasteiger partial charge in [-0.2, -0.15) is 11.8 Å². The number of rotatable bonds is 5. The van der Waals surface area contributed by atoms with Gasteiger partial charge in [-0.15, -0.1) is 0 Å². The first-order valence-corrected chi connectivity index (χ1v) is 7.87. The van der Waals surface area contributed by atoms with Crippen LogP contribution in [0.4, 0.5) is 4.39 Å². The number of halogens is 1. The lowest BCUT2D eigenvalue weighted by molar-refractivity contribution is 0.0954. The summed E-state index contributed by atoms with van der Waals surface area (Å²) in [6.45, 7) is 2.91. The van der Waals surface area contributed by atoms with Crippen LogP contribution >= 0.6 is 11.8 Å². The first-order valence-electron chi connectivity index (χ1n) is 6.59. The Morgan fingerprint density at radius 2 is 2.21 bits per heavy atom. The van der Waals surface area contributed by atoms with Crippen molar-refractivity contribution in [3.8, 4) is 0 Å². The molecule has 0 bridgehead atoms. The SMILES string of the molecule is CSC1CCN(CCC(=O)c2ccc(F)cn2)CC1. The summed E-state index contributed by atoms with van der Waals surface area (Å²) in [5.74, 6) is -0.414. The fourth-order valence-corrected chi connectivity index (χ4v) is 2.98. The molecule has 0 aliphatic carbocycles. The molecule has 104 valence electrons. The lowest BCUT2D eigenvalue weighted by Crippen LogP contribution is -2.36. The van der Waals surface area contributed by atoms with E-state index in [0.717, 1.165) is 31.1 Å². The van der Waals surface area contributed by atoms with Gasteiger partial charge in [0.2, 0.25) is 0 Å². The molecule has 0 unspecified atom stereocenters. The number of piperidine rings is 1. The molecule has 2 rings (SSSR count). The molecule has 1 saturated heterocycles. The van der Waals surface area contributed by atoms with E-state index >= 15 is 0 Å². The number of hydrogen-bond acceptors (Lipinski definition) is 4. The minimum absolute atomic E-state index is 0.00742. The average molecular weight is 282 g/mol. The van der Waals surface area contributed by atoms with Gasteiger partial charge in [0, 0.05) is 18.2 Å². The smallest absolute Gasteiger partial charge is 0.182 e. The van der Waals surface area contributed by atoms with Gasteiger partial charge in [0.15, 0.2) is 5.78 Å². The molecule has 1 aromatic heterocycles. The zero-order valence-corrected chi connectivity index (χ0v) is 12.0. The normalized spacial score (nSPS) is 17.6. The molecule has 5 heteroatoms. The third-order valence-electron chi connectivity index (χ3n) is 3.54. The Hall–Kier alpha value is -0.940. The van der Waals surface area contributed by atoms with Crippen LogP contribution in [0.3, 0.4) is 0 Å². The molecule has 2 heterocycles. The van der Waals surface area contributed by atoms with Crippen molar-refractivity contribution in [2.45, 2.75) is 24.5 Å². The molecule has 1 fully saturated rings. The van der Waals surface area contributed by atoms with Crippen LogP contribution in [-0.2, 0) is 0 Å². The molecule has 0 spiro atoms. The Bertz CT molecular complexity index is 416. The fourth-order valence-electron chi connectivity index (χ4n) is 2.30. The van der Waals surface area contributed by atoms with Crippen LogP contribution in [0.15, 0.2) is 18.3 Å². The summed E-state index contributed by atoms with van der Waals surface area (Å²) in [6.07, 6.45) is 6.11. The second-order valence-electron chi connectivity index (χ2n) is 4.81. The maximum Gasteiger partial charge on any atom is 0.182 e. The van der Waals surface area contributed by atoms with Crippen molar-refractivity contribution in [2.24, 2.45) is 0 Å². The van der Waals surface area contributed by atoms with Gasteiger partial charge in [0.25, 0.3) is 0 Å². The van der Waals surface area contributed by atoms with Crippen molar-refractivity contribution in [2.75, 3.05) is 25.9 Å². The summed E-state index contributed by atoms with van der Waals surface area (Å²) in [4.78, 5) is 18.1. The van der Waals surface area contributed by atoms with Crippen LogP contribution in [0, 0.1) is 5.82 Å². The van der Waals surface area contributed by atoms with Crippen LogP contribution in [0.2, 0.25) is 0 Å². The number of thioether (sulfide) groups is 1. The van der Waals surface area contributed by atoms with Crippen LogP contribution in [0.25, 0.3) is 0 Å². The number of ketones is 1. The van der Waals surface area contributed by atoms with Gasteiger partial charge in [-0.25, -0.2) is 4.39 Å². The summed E-state index contributed by atoms with van der Waals surface area (Å²) in [7, 11) is 0. The van der Waals surface area contributed by atoms with Crippen molar-refractivity contribution in [3.05, 3.63) is 29.8 Å². The van der Waals surface area contributed by atoms with Gasteiger partial charge in [0.05, 0.1) is 6.20 Å². The monoisotopic (exact) mass is 282 g/mol. The van der Waals surface area contributed by atoms with Crippen molar-refractivity contribution in [3.63, 3.8) is 0 Å². The Morgan fingerprint density at radius 1 is 1.47 bits per heavy atom. The molecule has 0 saturated carbocycles. The van der Waals surface area contributed by atoms with E-state index in [0.29, 0.717) is 12.1 Å². The first-order chi connectivity index (χ1) is 9.19. The number of carbonyl (C=O) groups excluding carboxylic acids is 1. The van der Waals surface area contributed by atoms with Crippen molar-refractivity contribution >= 4 is 17.5 Å². The molecule has 19 heavy (non-hydrogen) atoms.